The van der Waals surface area contributed by atoms with Crippen LogP contribution in [-0.2, 0) is 6.54 Å². The number of pyridine rings is 1. The van der Waals surface area contributed by atoms with Gasteiger partial charge in [-0.15, -0.1) is 0 Å². The molecule has 1 fully saturated rings. The normalized spacial score (nSPS) is 15.6. The van der Waals surface area contributed by atoms with Crippen molar-refractivity contribution in [3.63, 3.8) is 0 Å². The van der Waals surface area contributed by atoms with E-state index < -0.39 is 40.7 Å². The second-order valence-electron chi connectivity index (χ2n) is 5.92. The Bertz CT molecular complexity index is 923. The molecule has 3 rings (SSSR count). The molecule has 0 aliphatic carbocycles. The number of aromatic nitrogens is 1. The molecule has 0 bridgehead atoms. The van der Waals surface area contributed by atoms with Crippen molar-refractivity contribution < 1.29 is 28.3 Å². The van der Waals surface area contributed by atoms with Crippen LogP contribution in [0, 0.1) is 11.6 Å². The van der Waals surface area contributed by atoms with Gasteiger partial charge in [0.25, 0.3) is 0 Å². The smallest absolute Gasteiger partial charge is 0.341 e. The summed E-state index contributed by atoms with van der Waals surface area (Å²) < 4.78 is 43.5. The maximum Gasteiger partial charge on any atom is 0.341 e. The molecular formula is C16H16F3N3O4. The third-order valence-electron chi connectivity index (χ3n) is 4.36. The number of benzene rings is 1. The Morgan fingerprint density at radius 1 is 1.19 bits per heavy atom. The molecule has 1 aliphatic rings. The van der Waals surface area contributed by atoms with Gasteiger partial charge in [-0.05, 0) is 6.07 Å². The van der Waals surface area contributed by atoms with Crippen molar-refractivity contribution in [2.45, 2.75) is 6.54 Å². The predicted octanol–water partition coefficient (Wildman–Crippen LogP) is 1.46. The molecule has 2 aromatic rings. The van der Waals surface area contributed by atoms with Crippen molar-refractivity contribution in [1.29, 1.82) is 0 Å². The van der Waals surface area contributed by atoms with Gasteiger partial charge in [-0.25, -0.2) is 18.0 Å². The zero-order chi connectivity index (χ0) is 19.0. The van der Waals surface area contributed by atoms with Gasteiger partial charge in [0.2, 0.25) is 5.43 Å². The molecule has 0 amide bonds. The van der Waals surface area contributed by atoms with Crippen LogP contribution in [0.2, 0.25) is 0 Å². The van der Waals surface area contributed by atoms with Crippen LogP contribution in [0.4, 0.5) is 18.9 Å². The fraction of sp³-hybridized carbons (Fsp3) is 0.375. The van der Waals surface area contributed by atoms with Crippen molar-refractivity contribution in [3.05, 3.63) is 39.7 Å². The van der Waals surface area contributed by atoms with E-state index in [0.717, 1.165) is 21.9 Å². The van der Waals surface area contributed by atoms with Gasteiger partial charge in [0.15, 0.2) is 5.82 Å². The largest absolute Gasteiger partial charge is 0.477 e. The second-order valence-corrected chi connectivity index (χ2v) is 5.92. The van der Waals surface area contributed by atoms with E-state index in [-0.39, 0.29) is 43.9 Å². The number of carboxylic acids is 1. The average Bonchev–Trinajstić information content (AvgIpc) is 2.58. The third-order valence-corrected chi connectivity index (χ3v) is 4.36. The number of aromatic carboxylic acids is 1. The topological polar surface area (TPSA) is 86.0 Å². The van der Waals surface area contributed by atoms with Gasteiger partial charge >= 0.3 is 5.97 Å². The number of alkyl halides is 1. The van der Waals surface area contributed by atoms with Crippen LogP contribution in [0.5, 0.6) is 0 Å². The highest BCUT2D eigenvalue weighted by Crippen LogP contribution is 2.30. The van der Waals surface area contributed by atoms with Crippen molar-refractivity contribution in [1.82, 2.24) is 9.63 Å². The summed E-state index contributed by atoms with van der Waals surface area (Å²) in [6.07, 6.45) is 0.864. The Morgan fingerprint density at radius 3 is 2.42 bits per heavy atom. The summed E-state index contributed by atoms with van der Waals surface area (Å²) in [5.41, 5.74) is -2.46. The van der Waals surface area contributed by atoms with Crippen LogP contribution in [-0.4, -0.2) is 58.8 Å². The molecule has 0 unspecified atom stereocenters. The molecule has 2 N–H and O–H groups in total. The number of hydrogen-bond donors (Lipinski definition) is 2. The molecule has 0 spiro atoms. The minimum Gasteiger partial charge on any atom is -0.477 e. The van der Waals surface area contributed by atoms with E-state index >= 15 is 4.39 Å². The summed E-state index contributed by atoms with van der Waals surface area (Å²) in [4.78, 5) is 24.9. The van der Waals surface area contributed by atoms with Crippen molar-refractivity contribution in [2.24, 2.45) is 0 Å². The quantitative estimate of drug-likeness (QED) is 0.846. The number of piperazine rings is 1. The summed E-state index contributed by atoms with van der Waals surface area (Å²) >= 11 is 0. The van der Waals surface area contributed by atoms with Crippen LogP contribution < -0.4 is 10.3 Å². The molecule has 1 saturated heterocycles. The van der Waals surface area contributed by atoms with E-state index in [1.54, 1.807) is 0 Å². The molecule has 0 radical (unpaired) electrons. The highest BCUT2D eigenvalue weighted by molar-refractivity contribution is 5.93. The summed E-state index contributed by atoms with van der Waals surface area (Å²) in [6.45, 7) is -0.666. The number of hydroxylamine groups is 2. The number of fused-ring (bicyclic) bond motifs is 1. The van der Waals surface area contributed by atoms with Gasteiger partial charge in [0.1, 0.15) is 23.7 Å². The van der Waals surface area contributed by atoms with Crippen LogP contribution in [0.3, 0.4) is 0 Å². The first-order valence-corrected chi connectivity index (χ1v) is 7.88. The minimum absolute atomic E-state index is 0.149. The molecule has 140 valence electrons. The Morgan fingerprint density at radius 2 is 1.85 bits per heavy atom. The van der Waals surface area contributed by atoms with Gasteiger partial charge in [-0.2, -0.15) is 5.06 Å². The van der Waals surface area contributed by atoms with Crippen LogP contribution in [0.25, 0.3) is 10.9 Å². The molecule has 1 aliphatic heterocycles. The van der Waals surface area contributed by atoms with Gasteiger partial charge in [0, 0.05) is 32.4 Å². The lowest BCUT2D eigenvalue weighted by molar-refractivity contribution is -0.0936. The molecule has 1 aromatic heterocycles. The first-order valence-electron chi connectivity index (χ1n) is 7.88. The minimum atomic E-state index is -1.56. The predicted molar refractivity (Wildman–Crippen MR) is 86.6 cm³/mol. The molecule has 26 heavy (non-hydrogen) atoms. The van der Waals surface area contributed by atoms with Gasteiger partial charge in [0.05, 0.1) is 17.4 Å². The number of anilines is 1. The van der Waals surface area contributed by atoms with E-state index in [1.165, 1.54) is 4.90 Å². The number of carbonyl (C=O) groups is 1. The Labute approximate surface area is 145 Å². The molecule has 0 atom stereocenters. The maximum atomic E-state index is 15.1. The van der Waals surface area contributed by atoms with Crippen LogP contribution in [0.15, 0.2) is 17.1 Å². The molecule has 0 saturated carbocycles. The standard InChI is InChI=1S/C16H16F3N3O4/c17-1-2-21-8-10(16(24)25)15(23)9-7-11(18)14(12(19)13(9)21)20-3-5-22(26)6-4-20/h7-8,26H,1-6H2,(H,24,25). The van der Waals surface area contributed by atoms with E-state index in [1.807, 2.05) is 0 Å². The summed E-state index contributed by atoms with van der Waals surface area (Å²) in [6, 6.07) is 0.780. The van der Waals surface area contributed by atoms with E-state index in [0.29, 0.717) is 0 Å². The van der Waals surface area contributed by atoms with Crippen molar-refractivity contribution in [3.8, 4) is 0 Å². The lowest BCUT2D eigenvalue weighted by atomic mass is 10.1. The van der Waals surface area contributed by atoms with Crippen molar-refractivity contribution >= 4 is 22.6 Å². The number of rotatable bonds is 4. The Balaban J connectivity index is 2.27. The average molecular weight is 371 g/mol. The summed E-state index contributed by atoms with van der Waals surface area (Å²) in [5, 5.41) is 19.1. The van der Waals surface area contributed by atoms with E-state index in [4.69, 9.17) is 5.11 Å². The van der Waals surface area contributed by atoms with Crippen LogP contribution in [0.1, 0.15) is 10.4 Å². The monoisotopic (exact) mass is 371 g/mol. The van der Waals surface area contributed by atoms with Crippen LogP contribution >= 0.6 is 0 Å². The van der Waals surface area contributed by atoms with E-state index in [2.05, 4.69) is 0 Å². The molecule has 7 nitrogen and oxygen atoms in total. The number of nitrogens with zero attached hydrogens (tertiary/aromatic N) is 3. The molecular weight excluding hydrogens is 355 g/mol. The zero-order valence-corrected chi connectivity index (χ0v) is 13.6. The Hall–Kier alpha value is -2.59. The molecule has 1 aromatic carbocycles. The number of hydrogen-bond acceptors (Lipinski definition) is 5. The number of halogens is 3. The Kier molecular flexibility index (Phi) is 4.88. The van der Waals surface area contributed by atoms with Gasteiger partial charge in [-0.1, -0.05) is 0 Å². The summed E-state index contributed by atoms with van der Waals surface area (Å²) in [7, 11) is 0. The third kappa shape index (κ3) is 3.01. The maximum absolute atomic E-state index is 15.1. The highest BCUT2D eigenvalue weighted by Gasteiger charge is 2.26. The van der Waals surface area contributed by atoms with Gasteiger partial charge in [-0.3, -0.25) is 4.79 Å². The highest BCUT2D eigenvalue weighted by atomic mass is 19.1. The molecule has 2 heterocycles. The zero-order valence-electron chi connectivity index (χ0n) is 13.6. The first-order chi connectivity index (χ1) is 12.3. The van der Waals surface area contributed by atoms with E-state index in [9.17, 15) is 23.6 Å². The lowest BCUT2D eigenvalue weighted by Gasteiger charge is -2.33. The number of aryl methyl sites for hydroxylation is 1. The van der Waals surface area contributed by atoms with Crippen molar-refractivity contribution in [2.75, 3.05) is 37.8 Å². The second kappa shape index (κ2) is 6.96. The first kappa shape index (κ1) is 18.2. The lowest BCUT2D eigenvalue weighted by Crippen LogP contribution is -2.45. The fourth-order valence-electron chi connectivity index (χ4n) is 3.11. The number of carboxylic acid groups (broad SMARTS) is 1. The SMILES string of the molecule is O=C(O)c1cn(CCF)c2c(F)c(N3CCN(O)CC3)c(F)cc2c1=O. The van der Waals surface area contributed by atoms with Gasteiger partial charge < -0.3 is 19.8 Å². The molecule has 10 heteroatoms. The fourth-order valence-corrected chi connectivity index (χ4v) is 3.11. The summed E-state index contributed by atoms with van der Waals surface area (Å²) in [5.74, 6) is -3.64.